The van der Waals surface area contributed by atoms with Crippen LogP contribution in [0.2, 0.25) is 0 Å². The highest BCUT2D eigenvalue weighted by Crippen LogP contribution is 2.01. The molecular formula is C11H23NO3. The number of hydrogen-bond donors (Lipinski definition) is 1. The molecule has 0 saturated carbocycles. The van der Waals surface area contributed by atoms with E-state index in [0.29, 0.717) is 39.1 Å². The zero-order valence-electron chi connectivity index (χ0n) is 10.0. The van der Waals surface area contributed by atoms with Gasteiger partial charge in [-0.25, -0.2) is 0 Å². The summed E-state index contributed by atoms with van der Waals surface area (Å²) in [5, 5.41) is 9.07. The second-order valence-corrected chi connectivity index (χ2v) is 3.56. The van der Waals surface area contributed by atoms with Gasteiger partial charge < -0.3 is 14.7 Å². The molecule has 0 heterocycles. The fourth-order valence-corrected chi connectivity index (χ4v) is 1.27. The van der Waals surface area contributed by atoms with E-state index in [-0.39, 0.29) is 5.91 Å². The first-order valence-corrected chi connectivity index (χ1v) is 5.65. The molecule has 0 aliphatic heterocycles. The van der Waals surface area contributed by atoms with Gasteiger partial charge >= 0.3 is 0 Å². The van der Waals surface area contributed by atoms with Gasteiger partial charge in [0.05, 0.1) is 12.7 Å². The number of rotatable bonds is 8. The van der Waals surface area contributed by atoms with E-state index in [9.17, 15) is 4.79 Å². The average Bonchev–Trinajstić information content (AvgIpc) is 2.21. The standard InChI is InChI=1S/C11H23NO3/c1-4-12(8-9-15-5-2)11(14)7-6-10(3)13/h10,13H,4-9H2,1-3H3. The van der Waals surface area contributed by atoms with Crippen molar-refractivity contribution >= 4 is 5.91 Å². The van der Waals surface area contributed by atoms with Gasteiger partial charge in [-0.05, 0) is 27.2 Å². The summed E-state index contributed by atoms with van der Waals surface area (Å²) in [7, 11) is 0. The van der Waals surface area contributed by atoms with Crippen molar-refractivity contribution in [2.24, 2.45) is 0 Å². The lowest BCUT2D eigenvalue weighted by Gasteiger charge is -2.21. The number of aliphatic hydroxyl groups is 1. The lowest BCUT2D eigenvalue weighted by Crippen LogP contribution is -2.34. The van der Waals surface area contributed by atoms with Crippen LogP contribution in [0.15, 0.2) is 0 Å². The lowest BCUT2D eigenvalue weighted by molar-refractivity contribution is -0.132. The predicted octanol–water partition coefficient (Wildman–Crippen LogP) is 1.03. The van der Waals surface area contributed by atoms with E-state index in [1.54, 1.807) is 11.8 Å². The van der Waals surface area contributed by atoms with Crippen molar-refractivity contribution in [3.8, 4) is 0 Å². The second kappa shape index (κ2) is 8.68. The van der Waals surface area contributed by atoms with E-state index in [2.05, 4.69) is 0 Å². The third kappa shape index (κ3) is 7.33. The molecule has 0 fully saturated rings. The molecule has 0 aliphatic carbocycles. The summed E-state index contributed by atoms with van der Waals surface area (Å²) in [6.45, 7) is 8.19. The van der Waals surface area contributed by atoms with Gasteiger partial charge in [0.1, 0.15) is 0 Å². The molecule has 0 saturated heterocycles. The van der Waals surface area contributed by atoms with E-state index in [1.807, 2.05) is 13.8 Å². The first-order valence-electron chi connectivity index (χ1n) is 5.65. The summed E-state index contributed by atoms with van der Waals surface area (Å²) in [4.78, 5) is 13.4. The molecule has 0 bridgehead atoms. The van der Waals surface area contributed by atoms with E-state index < -0.39 is 6.10 Å². The molecule has 15 heavy (non-hydrogen) atoms. The number of nitrogens with zero attached hydrogens (tertiary/aromatic N) is 1. The van der Waals surface area contributed by atoms with Crippen LogP contribution in [0.25, 0.3) is 0 Å². The van der Waals surface area contributed by atoms with Crippen LogP contribution in [-0.4, -0.2) is 48.3 Å². The minimum absolute atomic E-state index is 0.0955. The highest BCUT2D eigenvalue weighted by Gasteiger charge is 2.11. The fraction of sp³-hybridized carbons (Fsp3) is 0.909. The summed E-state index contributed by atoms with van der Waals surface area (Å²) in [5.41, 5.74) is 0. The molecule has 0 rings (SSSR count). The predicted molar refractivity (Wildman–Crippen MR) is 59.7 cm³/mol. The Balaban J connectivity index is 3.77. The summed E-state index contributed by atoms with van der Waals surface area (Å²) >= 11 is 0. The molecule has 0 spiro atoms. The molecule has 0 radical (unpaired) electrons. The second-order valence-electron chi connectivity index (χ2n) is 3.56. The van der Waals surface area contributed by atoms with Crippen molar-refractivity contribution in [3.63, 3.8) is 0 Å². The summed E-state index contributed by atoms with van der Waals surface area (Å²) in [6.07, 6.45) is 0.543. The summed E-state index contributed by atoms with van der Waals surface area (Å²) < 4.78 is 5.20. The summed E-state index contributed by atoms with van der Waals surface area (Å²) in [6, 6.07) is 0. The van der Waals surface area contributed by atoms with Crippen molar-refractivity contribution in [2.75, 3.05) is 26.3 Å². The number of carbonyl (C=O) groups excluding carboxylic acids is 1. The van der Waals surface area contributed by atoms with Gasteiger partial charge in [-0.3, -0.25) is 4.79 Å². The van der Waals surface area contributed by atoms with Crippen LogP contribution < -0.4 is 0 Å². The Bertz CT molecular complexity index is 171. The van der Waals surface area contributed by atoms with Crippen LogP contribution in [0, 0.1) is 0 Å². The van der Waals surface area contributed by atoms with E-state index >= 15 is 0 Å². The first-order chi connectivity index (χ1) is 7.11. The van der Waals surface area contributed by atoms with Crippen LogP contribution in [0.3, 0.4) is 0 Å². The Kier molecular flexibility index (Phi) is 8.33. The van der Waals surface area contributed by atoms with Crippen molar-refractivity contribution in [2.45, 2.75) is 39.7 Å². The number of ether oxygens (including phenoxy) is 1. The molecule has 0 aliphatic rings. The molecular weight excluding hydrogens is 194 g/mol. The van der Waals surface area contributed by atoms with Gasteiger partial charge in [-0.15, -0.1) is 0 Å². The van der Waals surface area contributed by atoms with Gasteiger partial charge in [-0.2, -0.15) is 0 Å². The van der Waals surface area contributed by atoms with Gasteiger partial charge in [0.25, 0.3) is 0 Å². The molecule has 0 aromatic heterocycles. The molecule has 4 heteroatoms. The fourth-order valence-electron chi connectivity index (χ4n) is 1.27. The Morgan fingerprint density at radius 3 is 2.60 bits per heavy atom. The highest BCUT2D eigenvalue weighted by atomic mass is 16.5. The summed E-state index contributed by atoms with van der Waals surface area (Å²) in [5.74, 6) is 0.0955. The Morgan fingerprint density at radius 1 is 1.47 bits per heavy atom. The van der Waals surface area contributed by atoms with Crippen molar-refractivity contribution < 1.29 is 14.6 Å². The van der Waals surface area contributed by atoms with Crippen LogP contribution >= 0.6 is 0 Å². The third-order valence-electron chi connectivity index (χ3n) is 2.22. The van der Waals surface area contributed by atoms with Gasteiger partial charge in [0, 0.05) is 26.1 Å². The molecule has 1 N–H and O–H groups in total. The van der Waals surface area contributed by atoms with Gasteiger partial charge in [0.2, 0.25) is 5.91 Å². The molecule has 1 unspecified atom stereocenters. The maximum Gasteiger partial charge on any atom is 0.222 e. The van der Waals surface area contributed by atoms with Crippen molar-refractivity contribution in [3.05, 3.63) is 0 Å². The largest absolute Gasteiger partial charge is 0.393 e. The molecule has 0 aromatic carbocycles. The van der Waals surface area contributed by atoms with Crippen molar-refractivity contribution in [1.29, 1.82) is 0 Å². The maximum atomic E-state index is 11.6. The molecule has 90 valence electrons. The number of amides is 1. The lowest BCUT2D eigenvalue weighted by atomic mass is 10.2. The van der Waals surface area contributed by atoms with Crippen LogP contribution in [0.1, 0.15) is 33.6 Å². The quantitative estimate of drug-likeness (QED) is 0.618. The number of aliphatic hydroxyl groups excluding tert-OH is 1. The van der Waals surface area contributed by atoms with E-state index in [0.717, 1.165) is 0 Å². The van der Waals surface area contributed by atoms with Crippen LogP contribution in [0.4, 0.5) is 0 Å². The molecule has 1 atom stereocenters. The maximum absolute atomic E-state index is 11.6. The minimum atomic E-state index is -0.403. The molecule has 0 aromatic rings. The van der Waals surface area contributed by atoms with E-state index in [1.165, 1.54) is 0 Å². The van der Waals surface area contributed by atoms with Gasteiger partial charge in [-0.1, -0.05) is 0 Å². The SMILES string of the molecule is CCOCCN(CC)C(=O)CCC(C)O. The zero-order chi connectivity index (χ0) is 11.7. The number of hydrogen-bond acceptors (Lipinski definition) is 3. The zero-order valence-corrected chi connectivity index (χ0v) is 10.0. The normalized spacial score (nSPS) is 12.5. The van der Waals surface area contributed by atoms with Gasteiger partial charge in [0.15, 0.2) is 0 Å². The third-order valence-corrected chi connectivity index (χ3v) is 2.22. The van der Waals surface area contributed by atoms with Crippen molar-refractivity contribution in [1.82, 2.24) is 4.90 Å². The molecule has 4 nitrogen and oxygen atoms in total. The topological polar surface area (TPSA) is 49.8 Å². The Morgan fingerprint density at radius 2 is 2.13 bits per heavy atom. The minimum Gasteiger partial charge on any atom is -0.393 e. The monoisotopic (exact) mass is 217 g/mol. The van der Waals surface area contributed by atoms with E-state index in [4.69, 9.17) is 9.84 Å². The van der Waals surface area contributed by atoms with Crippen LogP contribution in [-0.2, 0) is 9.53 Å². The number of carbonyl (C=O) groups is 1. The Labute approximate surface area is 92.2 Å². The smallest absolute Gasteiger partial charge is 0.222 e. The first kappa shape index (κ1) is 14.4. The van der Waals surface area contributed by atoms with Crippen LogP contribution in [0.5, 0.6) is 0 Å². The molecule has 1 amide bonds. The highest BCUT2D eigenvalue weighted by molar-refractivity contribution is 5.76. The number of likely N-dealkylation sites (N-methyl/N-ethyl adjacent to an activating group) is 1. The average molecular weight is 217 g/mol. The Hall–Kier alpha value is -0.610.